The highest BCUT2D eigenvalue weighted by Gasteiger charge is 2.19. The zero-order valence-electron chi connectivity index (χ0n) is 11.0. The Morgan fingerprint density at radius 3 is 1.55 bits per heavy atom. The largest absolute Gasteiger partial charge is 0.485 e. The Kier molecular flexibility index (Phi) is 2.59. The van der Waals surface area contributed by atoms with E-state index >= 15 is 0 Å². The maximum Gasteiger partial charge on any atom is 0.162 e. The molecule has 2 aromatic rings. The summed E-state index contributed by atoms with van der Waals surface area (Å²) in [6, 6.07) is 16.6. The molecule has 2 heteroatoms. The minimum atomic E-state index is 0.602. The van der Waals surface area contributed by atoms with Gasteiger partial charge in [0.05, 0.1) is 0 Å². The SMILES string of the molecule is C1=C(C2=Cc3ccccc3CO2)OCc2ccccc21. The van der Waals surface area contributed by atoms with Crippen molar-refractivity contribution in [1.82, 2.24) is 0 Å². The molecule has 4 rings (SSSR count). The van der Waals surface area contributed by atoms with E-state index in [0.717, 1.165) is 11.5 Å². The summed E-state index contributed by atoms with van der Waals surface area (Å²) in [4.78, 5) is 0. The molecule has 0 unspecified atom stereocenters. The van der Waals surface area contributed by atoms with Crippen molar-refractivity contribution < 1.29 is 9.47 Å². The molecule has 0 N–H and O–H groups in total. The molecule has 0 spiro atoms. The molecule has 0 bridgehead atoms. The van der Waals surface area contributed by atoms with Crippen molar-refractivity contribution in [3.05, 3.63) is 82.3 Å². The fraction of sp³-hybridized carbons (Fsp3) is 0.111. The van der Waals surface area contributed by atoms with Crippen LogP contribution in [0, 0.1) is 0 Å². The average Bonchev–Trinajstić information content (AvgIpc) is 2.54. The van der Waals surface area contributed by atoms with E-state index in [2.05, 4.69) is 36.4 Å². The molecule has 0 amide bonds. The Morgan fingerprint density at radius 1 is 0.600 bits per heavy atom. The van der Waals surface area contributed by atoms with Gasteiger partial charge in [-0.15, -0.1) is 0 Å². The monoisotopic (exact) mass is 262 g/mol. The number of benzene rings is 2. The second-order valence-electron chi connectivity index (χ2n) is 4.99. The summed E-state index contributed by atoms with van der Waals surface area (Å²) in [5, 5.41) is 0. The maximum absolute atomic E-state index is 5.83. The molecule has 0 atom stereocenters. The van der Waals surface area contributed by atoms with Gasteiger partial charge in [-0.2, -0.15) is 0 Å². The summed E-state index contributed by atoms with van der Waals surface area (Å²) in [5.74, 6) is 1.64. The Morgan fingerprint density at radius 2 is 1.05 bits per heavy atom. The van der Waals surface area contributed by atoms with Crippen LogP contribution in [0.2, 0.25) is 0 Å². The molecule has 2 aliphatic heterocycles. The van der Waals surface area contributed by atoms with Gasteiger partial charge in [0.15, 0.2) is 11.5 Å². The predicted octanol–water partition coefficient (Wildman–Crippen LogP) is 4.13. The number of fused-ring (bicyclic) bond motifs is 2. The van der Waals surface area contributed by atoms with E-state index in [1.807, 2.05) is 24.3 Å². The highest BCUT2D eigenvalue weighted by atomic mass is 16.5. The molecule has 2 aliphatic rings. The van der Waals surface area contributed by atoms with Crippen LogP contribution in [0.5, 0.6) is 0 Å². The van der Waals surface area contributed by atoms with Crippen LogP contribution in [-0.2, 0) is 22.7 Å². The molecule has 0 aliphatic carbocycles. The Labute approximate surface area is 118 Å². The first kappa shape index (κ1) is 11.4. The molecule has 2 heterocycles. The molecule has 0 radical (unpaired) electrons. The summed E-state index contributed by atoms with van der Waals surface area (Å²) in [6.45, 7) is 1.20. The van der Waals surface area contributed by atoms with Gasteiger partial charge in [-0.3, -0.25) is 0 Å². The highest BCUT2D eigenvalue weighted by molar-refractivity contribution is 5.67. The van der Waals surface area contributed by atoms with Crippen LogP contribution in [0.25, 0.3) is 12.2 Å². The van der Waals surface area contributed by atoms with Gasteiger partial charge in [-0.25, -0.2) is 0 Å². The standard InChI is InChI=1S/C18H14O2/c1-3-7-15-11-19-17(9-13(15)5-1)18-10-14-6-2-4-8-16(14)12-20-18/h1-10H,11-12H2. The summed E-state index contributed by atoms with van der Waals surface area (Å²) in [7, 11) is 0. The number of ether oxygens (including phenoxy) is 2. The Bertz CT molecular complexity index is 662. The second-order valence-corrected chi connectivity index (χ2v) is 4.99. The van der Waals surface area contributed by atoms with Crippen LogP contribution in [0.15, 0.2) is 60.0 Å². The van der Waals surface area contributed by atoms with E-state index in [1.54, 1.807) is 0 Å². The zero-order chi connectivity index (χ0) is 13.4. The minimum absolute atomic E-state index is 0.602. The van der Waals surface area contributed by atoms with Crippen molar-refractivity contribution >= 4 is 12.2 Å². The number of hydrogen-bond donors (Lipinski definition) is 0. The average molecular weight is 262 g/mol. The third-order valence-corrected chi connectivity index (χ3v) is 3.69. The van der Waals surface area contributed by atoms with Crippen LogP contribution < -0.4 is 0 Å². The van der Waals surface area contributed by atoms with Crippen LogP contribution in [0.4, 0.5) is 0 Å². The van der Waals surface area contributed by atoms with Crippen molar-refractivity contribution in [2.45, 2.75) is 13.2 Å². The minimum Gasteiger partial charge on any atom is -0.485 e. The van der Waals surface area contributed by atoms with Crippen LogP contribution in [0.3, 0.4) is 0 Å². The van der Waals surface area contributed by atoms with Gasteiger partial charge in [0.2, 0.25) is 0 Å². The van der Waals surface area contributed by atoms with Gasteiger partial charge in [-0.05, 0) is 34.4 Å². The fourth-order valence-electron chi connectivity index (χ4n) is 2.57. The van der Waals surface area contributed by atoms with Gasteiger partial charge in [-0.1, -0.05) is 48.5 Å². The van der Waals surface area contributed by atoms with E-state index < -0.39 is 0 Å². The first-order chi connectivity index (χ1) is 9.90. The number of hydrogen-bond acceptors (Lipinski definition) is 2. The normalized spacial score (nSPS) is 16.0. The Hall–Kier alpha value is -2.48. The molecule has 0 fully saturated rings. The van der Waals surface area contributed by atoms with E-state index in [4.69, 9.17) is 9.47 Å². The molecule has 0 saturated carbocycles. The summed E-state index contributed by atoms with van der Waals surface area (Å²) in [5.41, 5.74) is 4.84. The lowest BCUT2D eigenvalue weighted by Gasteiger charge is -2.23. The molecular formula is C18H14O2. The topological polar surface area (TPSA) is 18.5 Å². The summed E-state index contributed by atoms with van der Waals surface area (Å²) < 4.78 is 11.7. The maximum atomic E-state index is 5.83. The van der Waals surface area contributed by atoms with E-state index in [0.29, 0.717) is 13.2 Å². The van der Waals surface area contributed by atoms with Gasteiger partial charge in [0, 0.05) is 0 Å². The van der Waals surface area contributed by atoms with E-state index in [-0.39, 0.29) is 0 Å². The highest BCUT2D eigenvalue weighted by Crippen LogP contribution is 2.31. The lowest BCUT2D eigenvalue weighted by molar-refractivity contribution is 0.136. The van der Waals surface area contributed by atoms with Gasteiger partial charge < -0.3 is 9.47 Å². The quantitative estimate of drug-likeness (QED) is 0.769. The molecular weight excluding hydrogens is 248 g/mol. The summed E-state index contributed by atoms with van der Waals surface area (Å²) in [6.07, 6.45) is 4.11. The fourth-order valence-corrected chi connectivity index (χ4v) is 2.57. The van der Waals surface area contributed by atoms with Crippen molar-refractivity contribution in [3.8, 4) is 0 Å². The second kappa shape index (κ2) is 4.57. The molecule has 0 saturated heterocycles. The van der Waals surface area contributed by atoms with Gasteiger partial charge in [0.25, 0.3) is 0 Å². The molecule has 20 heavy (non-hydrogen) atoms. The van der Waals surface area contributed by atoms with Crippen molar-refractivity contribution in [1.29, 1.82) is 0 Å². The molecule has 2 nitrogen and oxygen atoms in total. The van der Waals surface area contributed by atoms with Crippen LogP contribution >= 0.6 is 0 Å². The lowest BCUT2D eigenvalue weighted by atomic mass is 10.0. The zero-order valence-corrected chi connectivity index (χ0v) is 11.0. The van der Waals surface area contributed by atoms with Gasteiger partial charge >= 0.3 is 0 Å². The first-order valence-corrected chi connectivity index (χ1v) is 6.75. The molecule has 2 aromatic carbocycles. The van der Waals surface area contributed by atoms with Crippen molar-refractivity contribution in [2.75, 3.05) is 0 Å². The lowest BCUT2D eigenvalue weighted by Crippen LogP contribution is -2.09. The molecule has 0 aromatic heterocycles. The van der Waals surface area contributed by atoms with Crippen LogP contribution in [-0.4, -0.2) is 0 Å². The number of rotatable bonds is 1. The van der Waals surface area contributed by atoms with Crippen molar-refractivity contribution in [3.63, 3.8) is 0 Å². The van der Waals surface area contributed by atoms with E-state index in [9.17, 15) is 0 Å². The summed E-state index contributed by atoms with van der Waals surface area (Å²) >= 11 is 0. The predicted molar refractivity (Wildman–Crippen MR) is 78.4 cm³/mol. The van der Waals surface area contributed by atoms with Crippen molar-refractivity contribution in [2.24, 2.45) is 0 Å². The van der Waals surface area contributed by atoms with Gasteiger partial charge in [0.1, 0.15) is 13.2 Å². The third kappa shape index (κ3) is 1.90. The third-order valence-electron chi connectivity index (χ3n) is 3.69. The Balaban J connectivity index is 1.74. The first-order valence-electron chi connectivity index (χ1n) is 6.75. The smallest absolute Gasteiger partial charge is 0.162 e. The van der Waals surface area contributed by atoms with E-state index in [1.165, 1.54) is 22.3 Å². The molecule has 98 valence electrons. The van der Waals surface area contributed by atoms with Crippen LogP contribution in [0.1, 0.15) is 22.3 Å².